The Bertz CT molecular complexity index is 1500. The standard InChI is InChI=1S/C32H28F4O4/c1-19-22(17-39-29-12-10-21(16-37)14-27(29)31(33)34)6-4-8-25(19)26-9-5-7-23(20(26)2)18-40-30-13-11-24(38-3)15-28(30)32(35)36/h4-16,31-32H,17-18H2,1-3H3. The minimum atomic E-state index is -2.79. The summed E-state index contributed by atoms with van der Waals surface area (Å²) < 4.78 is 70.9. The molecule has 0 heterocycles. The van der Waals surface area contributed by atoms with Crippen LogP contribution in [0.2, 0.25) is 0 Å². The van der Waals surface area contributed by atoms with Crippen LogP contribution in [0, 0.1) is 13.8 Å². The molecule has 0 unspecified atom stereocenters. The molecule has 0 saturated carbocycles. The molecule has 0 aliphatic rings. The molecule has 0 radical (unpaired) electrons. The van der Waals surface area contributed by atoms with Crippen molar-refractivity contribution in [3.8, 4) is 28.4 Å². The van der Waals surface area contributed by atoms with E-state index < -0.39 is 12.9 Å². The van der Waals surface area contributed by atoms with E-state index >= 15 is 0 Å². The normalized spacial score (nSPS) is 11.1. The van der Waals surface area contributed by atoms with Crippen molar-refractivity contribution in [1.82, 2.24) is 0 Å². The van der Waals surface area contributed by atoms with Crippen LogP contribution in [-0.4, -0.2) is 13.4 Å². The summed E-state index contributed by atoms with van der Waals surface area (Å²) in [6, 6.07) is 19.6. The zero-order valence-corrected chi connectivity index (χ0v) is 22.2. The lowest BCUT2D eigenvalue weighted by Gasteiger charge is -2.18. The average Bonchev–Trinajstić information content (AvgIpc) is 2.96. The Kier molecular flexibility index (Phi) is 9.09. The number of aldehydes is 1. The van der Waals surface area contributed by atoms with Crippen LogP contribution in [0.15, 0.2) is 72.8 Å². The summed E-state index contributed by atoms with van der Waals surface area (Å²) in [5.41, 5.74) is 4.86. The predicted octanol–water partition coefficient (Wildman–Crippen LogP) is 8.82. The molecule has 0 fully saturated rings. The largest absolute Gasteiger partial charge is 0.497 e. The van der Waals surface area contributed by atoms with E-state index in [0.717, 1.165) is 39.4 Å². The van der Waals surface area contributed by atoms with Gasteiger partial charge >= 0.3 is 0 Å². The molecular formula is C32H28F4O4. The van der Waals surface area contributed by atoms with Crippen LogP contribution >= 0.6 is 0 Å². The number of rotatable bonds is 11. The molecule has 0 aromatic heterocycles. The monoisotopic (exact) mass is 552 g/mol. The van der Waals surface area contributed by atoms with Crippen LogP contribution in [0.3, 0.4) is 0 Å². The van der Waals surface area contributed by atoms with Gasteiger partial charge in [0, 0.05) is 5.56 Å². The van der Waals surface area contributed by atoms with E-state index in [0.29, 0.717) is 12.0 Å². The molecule has 8 heteroatoms. The minimum absolute atomic E-state index is 0.0161. The second kappa shape index (κ2) is 12.7. The average molecular weight is 553 g/mol. The molecule has 4 aromatic rings. The van der Waals surface area contributed by atoms with Gasteiger partial charge in [-0.1, -0.05) is 36.4 Å². The second-order valence-electron chi connectivity index (χ2n) is 9.18. The smallest absolute Gasteiger partial charge is 0.267 e. The number of carbonyl (C=O) groups excluding carboxylic acids is 1. The fourth-order valence-corrected chi connectivity index (χ4v) is 4.47. The molecule has 0 spiro atoms. The van der Waals surface area contributed by atoms with Gasteiger partial charge in [-0.15, -0.1) is 0 Å². The Morgan fingerprint density at radius 1 is 0.700 bits per heavy atom. The molecule has 0 saturated heterocycles. The van der Waals surface area contributed by atoms with Crippen molar-refractivity contribution in [2.24, 2.45) is 0 Å². The molecule has 0 atom stereocenters. The Labute approximate surface area is 230 Å². The lowest BCUT2D eigenvalue weighted by Crippen LogP contribution is -2.04. The lowest BCUT2D eigenvalue weighted by atomic mass is 9.92. The quantitative estimate of drug-likeness (QED) is 0.138. The first-order valence-corrected chi connectivity index (χ1v) is 12.5. The van der Waals surface area contributed by atoms with Gasteiger partial charge in [0.1, 0.15) is 36.7 Å². The summed E-state index contributed by atoms with van der Waals surface area (Å²) in [4.78, 5) is 11.0. The molecule has 0 N–H and O–H groups in total. The molecule has 0 aliphatic carbocycles. The first-order valence-electron chi connectivity index (χ1n) is 12.5. The van der Waals surface area contributed by atoms with E-state index in [9.17, 15) is 22.4 Å². The Morgan fingerprint density at radius 2 is 1.20 bits per heavy atom. The number of carbonyl (C=O) groups is 1. The van der Waals surface area contributed by atoms with Crippen molar-refractivity contribution >= 4 is 6.29 Å². The summed E-state index contributed by atoms with van der Waals surface area (Å²) in [7, 11) is 1.41. The summed E-state index contributed by atoms with van der Waals surface area (Å²) >= 11 is 0. The number of hydrogen-bond donors (Lipinski definition) is 0. The highest BCUT2D eigenvalue weighted by molar-refractivity contribution is 5.76. The zero-order chi connectivity index (χ0) is 28.8. The molecule has 40 heavy (non-hydrogen) atoms. The third-order valence-corrected chi connectivity index (χ3v) is 6.81. The van der Waals surface area contributed by atoms with Crippen LogP contribution in [0.5, 0.6) is 17.2 Å². The van der Waals surface area contributed by atoms with Gasteiger partial charge in [-0.3, -0.25) is 4.79 Å². The van der Waals surface area contributed by atoms with Gasteiger partial charge < -0.3 is 14.2 Å². The van der Waals surface area contributed by atoms with Gasteiger partial charge in [-0.05, 0) is 83.6 Å². The third kappa shape index (κ3) is 6.28. The highest BCUT2D eigenvalue weighted by Gasteiger charge is 2.18. The van der Waals surface area contributed by atoms with E-state index in [2.05, 4.69) is 0 Å². The van der Waals surface area contributed by atoms with Crippen molar-refractivity contribution < 1.29 is 36.6 Å². The number of hydrogen-bond acceptors (Lipinski definition) is 4. The Hall–Kier alpha value is -4.33. The molecule has 4 rings (SSSR count). The topological polar surface area (TPSA) is 44.8 Å². The van der Waals surface area contributed by atoms with Gasteiger partial charge in [0.05, 0.1) is 18.2 Å². The molecule has 0 bridgehead atoms. The van der Waals surface area contributed by atoms with Crippen molar-refractivity contribution in [3.05, 3.63) is 112 Å². The van der Waals surface area contributed by atoms with Gasteiger partial charge in [0.15, 0.2) is 0 Å². The molecule has 4 aromatic carbocycles. The maximum absolute atomic E-state index is 13.6. The van der Waals surface area contributed by atoms with Crippen molar-refractivity contribution in [2.45, 2.75) is 39.9 Å². The zero-order valence-electron chi connectivity index (χ0n) is 22.2. The van der Waals surface area contributed by atoms with Crippen LogP contribution in [-0.2, 0) is 13.2 Å². The van der Waals surface area contributed by atoms with Crippen LogP contribution in [0.4, 0.5) is 17.6 Å². The molecule has 4 nitrogen and oxygen atoms in total. The summed E-state index contributed by atoms with van der Waals surface area (Å²) in [5.74, 6) is 0.422. The van der Waals surface area contributed by atoms with Crippen molar-refractivity contribution in [2.75, 3.05) is 7.11 Å². The van der Waals surface area contributed by atoms with E-state index in [4.69, 9.17) is 14.2 Å². The second-order valence-corrected chi connectivity index (χ2v) is 9.18. The lowest BCUT2D eigenvalue weighted by molar-refractivity contribution is 0.112. The Balaban J connectivity index is 1.57. The van der Waals surface area contributed by atoms with Crippen LogP contribution in [0.25, 0.3) is 11.1 Å². The van der Waals surface area contributed by atoms with E-state index in [1.165, 1.54) is 31.4 Å². The van der Waals surface area contributed by atoms with Gasteiger partial charge in [0.25, 0.3) is 12.9 Å². The molecule has 0 amide bonds. The van der Waals surface area contributed by atoms with Crippen LogP contribution < -0.4 is 14.2 Å². The first-order chi connectivity index (χ1) is 19.2. The van der Waals surface area contributed by atoms with E-state index in [1.807, 2.05) is 50.2 Å². The van der Waals surface area contributed by atoms with Gasteiger partial charge in [-0.2, -0.15) is 0 Å². The summed E-state index contributed by atoms with van der Waals surface area (Å²) in [6.45, 7) is 3.99. The van der Waals surface area contributed by atoms with Crippen LogP contribution in [0.1, 0.15) is 56.6 Å². The summed E-state index contributed by atoms with van der Waals surface area (Å²) in [6.07, 6.45) is -4.99. The van der Waals surface area contributed by atoms with Crippen molar-refractivity contribution in [3.63, 3.8) is 0 Å². The van der Waals surface area contributed by atoms with Crippen molar-refractivity contribution in [1.29, 1.82) is 0 Å². The maximum Gasteiger partial charge on any atom is 0.267 e. The number of alkyl halides is 4. The number of benzene rings is 4. The van der Waals surface area contributed by atoms with Gasteiger partial charge in [0.2, 0.25) is 0 Å². The number of ether oxygens (including phenoxy) is 3. The highest BCUT2D eigenvalue weighted by Crippen LogP contribution is 2.35. The maximum atomic E-state index is 13.6. The number of methoxy groups -OCH3 is 1. The fraction of sp³-hybridized carbons (Fsp3) is 0.219. The minimum Gasteiger partial charge on any atom is -0.497 e. The molecule has 208 valence electrons. The highest BCUT2D eigenvalue weighted by atomic mass is 19.3. The third-order valence-electron chi connectivity index (χ3n) is 6.81. The summed E-state index contributed by atoms with van der Waals surface area (Å²) in [5, 5.41) is 0. The van der Waals surface area contributed by atoms with Gasteiger partial charge in [-0.25, -0.2) is 17.6 Å². The SMILES string of the molecule is COc1ccc(OCc2cccc(-c3cccc(COc4ccc(C=O)cc4C(F)F)c3C)c2C)c(C(F)F)c1. The van der Waals surface area contributed by atoms with E-state index in [-0.39, 0.29) is 41.4 Å². The molecular weight excluding hydrogens is 524 g/mol. The Morgan fingerprint density at radius 3 is 1.68 bits per heavy atom. The molecule has 0 aliphatic heterocycles. The fourth-order valence-electron chi connectivity index (χ4n) is 4.47. The number of halogens is 4. The van der Waals surface area contributed by atoms with E-state index in [1.54, 1.807) is 6.07 Å². The predicted molar refractivity (Wildman–Crippen MR) is 145 cm³/mol. The first kappa shape index (κ1) is 28.7.